The normalized spacial score (nSPS) is 11.4. The molecule has 0 spiro atoms. The third-order valence-electron chi connectivity index (χ3n) is 4.39. The number of hydrogen-bond donors (Lipinski definition) is 2. The lowest BCUT2D eigenvalue weighted by molar-refractivity contribution is -0.111. The fraction of sp³-hybridized carbons (Fsp3) is 0.0870. The lowest BCUT2D eigenvalue weighted by Gasteiger charge is -2.09. The summed E-state index contributed by atoms with van der Waals surface area (Å²) in [6.07, 6.45) is 3.86. The third kappa shape index (κ3) is 5.49. The Morgan fingerprint density at radius 3 is 2.23 bits per heavy atom. The van der Waals surface area contributed by atoms with Crippen molar-refractivity contribution in [2.45, 2.75) is 18.2 Å². The predicted molar refractivity (Wildman–Crippen MR) is 122 cm³/mol. The SMILES string of the molecule is CCc1ccccc1NC(=O)/C=C/c1ccc(S(=O)(=O)Nc2ccccc2Cl)cc1. The van der Waals surface area contributed by atoms with Gasteiger partial charge in [0.25, 0.3) is 10.0 Å². The topological polar surface area (TPSA) is 75.3 Å². The van der Waals surface area contributed by atoms with E-state index < -0.39 is 10.0 Å². The Labute approximate surface area is 181 Å². The molecule has 7 heteroatoms. The first kappa shape index (κ1) is 21.6. The van der Waals surface area contributed by atoms with Crippen molar-refractivity contribution >= 4 is 45.0 Å². The molecular weight excluding hydrogens is 420 g/mol. The van der Waals surface area contributed by atoms with Crippen LogP contribution in [-0.2, 0) is 21.2 Å². The van der Waals surface area contributed by atoms with E-state index in [0.29, 0.717) is 16.3 Å². The molecule has 0 aliphatic carbocycles. The molecule has 30 heavy (non-hydrogen) atoms. The molecule has 2 N–H and O–H groups in total. The van der Waals surface area contributed by atoms with Crippen molar-refractivity contribution in [3.8, 4) is 0 Å². The van der Waals surface area contributed by atoms with Crippen LogP contribution in [-0.4, -0.2) is 14.3 Å². The van der Waals surface area contributed by atoms with Gasteiger partial charge in [0, 0.05) is 11.8 Å². The Bertz CT molecular complexity index is 1170. The van der Waals surface area contributed by atoms with Crippen LogP contribution in [0.25, 0.3) is 6.08 Å². The van der Waals surface area contributed by atoms with Gasteiger partial charge in [0.1, 0.15) is 0 Å². The molecule has 0 fully saturated rings. The van der Waals surface area contributed by atoms with Gasteiger partial charge >= 0.3 is 0 Å². The maximum atomic E-state index is 12.5. The average Bonchev–Trinajstić information content (AvgIpc) is 2.74. The van der Waals surface area contributed by atoms with E-state index in [1.807, 2.05) is 31.2 Å². The van der Waals surface area contributed by atoms with E-state index in [1.165, 1.54) is 18.2 Å². The van der Waals surface area contributed by atoms with Crippen LogP contribution in [0.4, 0.5) is 11.4 Å². The second-order valence-corrected chi connectivity index (χ2v) is 8.58. The summed E-state index contributed by atoms with van der Waals surface area (Å²) in [4.78, 5) is 12.3. The second kappa shape index (κ2) is 9.61. The van der Waals surface area contributed by atoms with Crippen LogP contribution in [0.15, 0.2) is 83.8 Å². The number of para-hydroxylation sites is 2. The van der Waals surface area contributed by atoms with Gasteiger partial charge in [-0.1, -0.05) is 61.0 Å². The van der Waals surface area contributed by atoms with Gasteiger partial charge in [-0.05, 0) is 54.0 Å². The smallest absolute Gasteiger partial charge is 0.261 e. The first-order valence-corrected chi connectivity index (χ1v) is 11.2. The molecule has 3 aromatic rings. The predicted octanol–water partition coefficient (Wildman–Crippen LogP) is 5.36. The second-order valence-electron chi connectivity index (χ2n) is 6.49. The van der Waals surface area contributed by atoms with E-state index >= 15 is 0 Å². The van der Waals surface area contributed by atoms with Gasteiger partial charge in [0.2, 0.25) is 5.91 Å². The highest BCUT2D eigenvalue weighted by atomic mass is 35.5. The summed E-state index contributed by atoms with van der Waals surface area (Å²) >= 11 is 6.02. The van der Waals surface area contributed by atoms with E-state index in [0.717, 1.165) is 17.7 Å². The minimum Gasteiger partial charge on any atom is -0.322 e. The molecule has 0 aromatic heterocycles. The molecule has 0 saturated heterocycles. The largest absolute Gasteiger partial charge is 0.322 e. The number of carbonyl (C=O) groups is 1. The molecule has 154 valence electrons. The molecule has 0 heterocycles. The summed E-state index contributed by atoms with van der Waals surface area (Å²) in [5.41, 5.74) is 2.85. The van der Waals surface area contributed by atoms with Crippen molar-refractivity contribution in [2.24, 2.45) is 0 Å². The number of carbonyl (C=O) groups excluding carboxylic acids is 1. The van der Waals surface area contributed by atoms with Gasteiger partial charge in [0.05, 0.1) is 15.6 Å². The third-order valence-corrected chi connectivity index (χ3v) is 6.10. The van der Waals surface area contributed by atoms with Gasteiger partial charge in [-0.15, -0.1) is 0 Å². The highest BCUT2D eigenvalue weighted by Crippen LogP contribution is 2.24. The van der Waals surface area contributed by atoms with E-state index in [1.54, 1.807) is 42.5 Å². The first-order valence-electron chi connectivity index (χ1n) is 9.33. The van der Waals surface area contributed by atoms with Crippen LogP contribution in [0.3, 0.4) is 0 Å². The van der Waals surface area contributed by atoms with Crippen LogP contribution in [0.1, 0.15) is 18.1 Å². The maximum Gasteiger partial charge on any atom is 0.261 e. The molecule has 0 radical (unpaired) electrons. The van der Waals surface area contributed by atoms with E-state index in [2.05, 4.69) is 10.0 Å². The van der Waals surface area contributed by atoms with Crippen LogP contribution in [0, 0.1) is 0 Å². The molecule has 0 bridgehead atoms. The molecule has 1 amide bonds. The summed E-state index contributed by atoms with van der Waals surface area (Å²) in [7, 11) is -3.77. The number of halogens is 1. The number of nitrogens with one attached hydrogen (secondary N) is 2. The van der Waals surface area contributed by atoms with Crippen molar-refractivity contribution in [3.05, 3.63) is 95.0 Å². The summed E-state index contributed by atoms with van der Waals surface area (Å²) in [5.74, 6) is -0.256. The van der Waals surface area contributed by atoms with Crippen LogP contribution >= 0.6 is 11.6 Å². The standard InChI is InChI=1S/C23H21ClN2O3S/c1-2-18-7-3-5-9-21(18)25-23(27)16-13-17-11-14-19(15-12-17)30(28,29)26-22-10-6-4-8-20(22)24/h3-16,26H,2H2,1H3,(H,25,27)/b16-13+. The fourth-order valence-electron chi connectivity index (χ4n) is 2.80. The molecule has 0 saturated carbocycles. The highest BCUT2D eigenvalue weighted by molar-refractivity contribution is 7.92. The Balaban J connectivity index is 1.68. The first-order chi connectivity index (χ1) is 14.4. The van der Waals surface area contributed by atoms with Gasteiger partial charge in [-0.3, -0.25) is 9.52 Å². The number of sulfonamides is 1. The summed E-state index contributed by atoms with van der Waals surface area (Å²) < 4.78 is 27.6. The Hall–Kier alpha value is -3.09. The highest BCUT2D eigenvalue weighted by Gasteiger charge is 2.15. The summed E-state index contributed by atoms with van der Waals surface area (Å²) in [6.45, 7) is 2.02. The van der Waals surface area contributed by atoms with Crippen molar-refractivity contribution in [1.29, 1.82) is 0 Å². The van der Waals surface area contributed by atoms with Gasteiger partial charge < -0.3 is 5.32 Å². The zero-order chi connectivity index (χ0) is 21.6. The van der Waals surface area contributed by atoms with Crippen molar-refractivity contribution in [2.75, 3.05) is 10.0 Å². The molecule has 0 aliphatic rings. The average molecular weight is 441 g/mol. The monoisotopic (exact) mass is 440 g/mol. The minimum absolute atomic E-state index is 0.0981. The molecule has 0 atom stereocenters. The van der Waals surface area contributed by atoms with Crippen molar-refractivity contribution in [1.82, 2.24) is 0 Å². The van der Waals surface area contributed by atoms with E-state index in [4.69, 9.17) is 11.6 Å². The Morgan fingerprint density at radius 2 is 1.57 bits per heavy atom. The summed E-state index contributed by atoms with van der Waals surface area (Å²) in [5, 5.41) is 3.17. The molecule has 0 aliphatic heterocycles. The van der Waals surface area contributed by atoms with Gasteiger partial charge in [-0.2, -0.15) is 0 Å². The number of aryl methyl sites for hydroxylation is 1. The van der Waals surface area contributed by atoms with E-state index in [9.17, 15) is 13.2 Å². The molecule has 3 rings (SSSR count). The van der Waals surface area contributed by atoms with Crippen molar-refractivity contribution < 1.29 is 13.2 Å². The van der Waals surface area contributed by atoms with E-state index in [-0.39, 0.29) is 10.8 Å². The number of rotatable bonds is 7. The molecule has 0 unspecified atom stereocenters. The van der Waals surface area contributed by atoms with Crippen LogP contribution in [0.2, 0.25) is 5.02 Å². The number of hydrogen-bond acceptors (Lipinski definition) is 3. The lowest BCUT2D eigenvalue weighted by atomic mass is 10.1. The Morgan fingerprint density at radius 1 is 0.933 bits per heavy atom. The number of benzene rings is 3. The maximum absolute atomic E-state index is 12.5. The van der Waals surface area contributed by atoms with Gasteiger partial charge in [-0.25, -0.2) is 8.42 Å². The van der Waals surface area contributed by atoms with Crippen molar-refractivity contribution in [3.63, 3.8) is 0 Å². The molecule has 5 nitrogen and oxygen atoms in total. The lowest BCUT2D eigenvalue weighted by Crippen LogP contribution is -2.13. The number of anilines is 2. The zero-order valence-corrected chi connectivity index (χ0v) is 17.9. The fourth-order valence-corrected chi connectivity index (χ4v) is 4.12. The Kier molecular flexibility index (Phi) is 6.92. The van der Waals surface area contributed by atoms with Gasteiger partial charge in [0.15, 0.2) is 0 Å². The van der Waals surface area contributed by atoms with Crippen LogP contribution < -0.4 is 10.0 Å². The zero-order valence-electron chi connectivity index (χ0n) is 16.3. The van der Waals surface area contributed by atoms with Crippen LogP contribution in [0.5, 0.6) is 0 Å². The molecule has 3 aromatic carbocycles. The molecular formula is C23H21ClN2O3S. The summed E-state index contributed by atoms with van der Waals surface area (Å²) in [6, 6.07) is 20.5. The minimum atomic E-state index is -3.77. The quantitative estimate of drug-likeness (QED) is 0.486. The number of amides is 1.